The summed E-state index contributed by atoms with van der Waals surface area (Å²) in [5, 5.41) is 2.94. The third-order valence-electron chi connectivity index (χ3n) is 5.01. The van der Waals surface area contributed by atoms with Gasteiger partial charge in [0.05, 0.1) is 4.90 Å². The van der Waals surface area contributed by atoms with Gasteiger partial charge in [-0.1, -0.05) is 18.2 Å². The number of nitrogens with one attached hydrogen (secondary N) is 2. The summed E-state index contributed by atoms with van der Waals surface area (Å²) >= 11 is 0. The van der Waals surface area contributed by atoms with Gasteiger partial charge < -0.3 is 10.2 Å². The molecule has 0 bridgehead atoms. The fourth-order valence-corrected chi connectivity index (χ4v) is 4.53. The van der Waals surface area contributed by atoms with Crippen LogP contribution >= 0.6 is 0 Å². The molecule has 1 unspecified atom stereocenters. The Kier molecular flexibility index (Phi) is 5.85. The van der Waals surface area contributed by atoms with Crippen molar-refractivity contribution in [3.63, 3.8) is 0 Å². The summed E-state index contributed by atoms with van der Waals surface area (Å²) in [6.07, 6.45) is 2.22. The Hall–Kier alpha value is -3.46. The second-order valence-electron chi connectivity index (χ2n) is 7.21. The Morgan fingerprint density at radius 2 is 1.77 bits per heavy atom. The van der Waals surface area contributed by atoms with Gasteiger partial charge in [-0.2, -0.15) is 0 Å². The smallest absolute Gasteiger partial charge is 0.261 e. The first-order valence-corrected chi connectivity index (χ1v) is 11.2. The molecule has 3 aromatic rings. The Bertz CT molecular complexity index is 1170. The first kappa shape index (κ1) is 20.8. The molecule has 0 spiro atoms. The number of rotatable bonds is 6. The fraction of sp³-hybridized carbons (Fsp3) is 0.182. The van der Waals surface area contributed by atoms with Crippen molar-refractivity contribution in [1.29, 1.82) is 0 Å². The number of anilines is 2. The van der Waals surface area contributed by atoms with Crippen molar-refractivity contribution in [3.8, 4) is 0 Å². The van der Waals surface area contributed by atoms with Gasteiger partial charge >= 0.3 is 0 Å². The predicted molar refractivity (Wildman–Crippen MR) is 116 cm³/mol. The van der Waals surface area contributed by atoms with Crippen LogP contribution in [0.15, 0.2) is 77.8 Å². The van der Waals surface area contributed by atoms with E-state index >= 15 is 0 Å². The van der Waals surface area contributed by atoms with Crippen LogP contribution < -0.4 is 14.9 Å². The SMILES string of the molecule is O=C(NC1CCN(c2ncccc2F)C1)c1ccc(NS(=O)(=O)c2ccccc2)cc1. The first-order chi connectivity index (χ1) is 14.9. The maximum atomic E-state index is 13.9. The number of aromatic nitrogens is 1. The van der Waals surface area contributed by atoms with Gasteiger partial charge in [-0.15, -0.1) is 0 Å². The highest BCUT2D eigenvalue weighted by Crippen LogP contribution is 2.21. The number of amides is 1. The molecule has 31 heavy (non-hydrogen) atoms. The molecule has 9 heteroatoms. The van der Waals surface area contributed by atoms with Crippen LogP contribution in [0.3, 0.4) is 0 Å². The average Bonchev–Trinajstić information content (AvgIpc) is 3.23. The molecule has 7 nitrogen and oxygen atoms in total. The van der Waals surface area contributed by atoms with Gasteiger partial charge in [0.15, 0.2) is 11.6 Å². The summed E-state index contributed by atoms with van der Waals surface area (Å²) in [4.78, 5) is 18.6. The highest BCUT2D eigenvalue weighted by atomic mass is 32.2. The minimum atomic E-state index is -3.69. The molecule has 1 aliphatic heterocycles. The summed E-state index contributed by atoms with van der Waals surface area (Å²) in [6.45, 7) is 1.06. The second-order valence-corrected chi connectivity index (χ2v) is 8.89. The molecule has 160 valence electrons. The summed E-state index contributed by atoms with van der Waals surface area (Å²) < 4.78 is 41.2. The maximum Gasteiger partial charge on any atom is 0.261 e. The largest absolute Gasteiger partial charge is 0.352 e. The van der Waals surface area contributed by atoms with E-state index in [4.69, 9.17) is 0 Å². The van der Waals surface area contributed by atoms with Crippen LogP contribution in [0, 0.1) is 5.82 Å². The number of carbonyl (C=O) groups excluding carboxylic acids is 1. The lowest BCUT2D eigenvalue weighted by Gasteiger charge is -2.18. The molecule has 1 aromatic heterocycles. The van der Waals surface area contributed by atoms with Gasteiger partial charge in [0, 0.05) is 36.6 Å². The summed E-state index contributed by atoms with van der Waals surface area (Å²) in [5.41, 5.74) is 0.767. The van der Waals surface area contributed by atoms with E-state index in [-0.39, 0.29) is 28.5 Å². The molecular formula is C22H21FN4O3S. The van der Waals surface area contributed by atoms with Crippen LogP contribution in [0.4, 0.5) is 15.9 Å². The molecule has 2 N–H and O–H groups in total. The number of sulfonamides is 1. The highest BCUT2D eigenvalue weighted by Gasteiger charge is 2.26. The van der Waals surface area contributed by atoms with Crippen LogP contribution in [0.2, 0.25) is 0 Å². The summed E-state index contributed by atoms with van der Waals surface area (Å²) in [5.74, 6) is -0.372. The van der Waals surface area contributed by atoms with E-state index in [2.05, 4.69) is 15.0 Å². The number of hydrogen-bond acceptors (Lipinski definition) is 5. The van der Waals surface area contributed by atoms with E-state index in [0.29, 0.717) is 30.8 Å². The standard InChI is InChI=1S/C22H21FN4O3S/c23-20-7-4-13-24-21(20)27-14-12-18(15-27)25-22(28)16-8-10-17(11-9-16)26-31(29,30)19-5-2-1-3-6-19/h1-11,13,18,26H,12,14-15H2,(H,25,28). The van der Waals surface area contributed by atoms with E-state index in [1.165, 1.54) is 30.5 Å². The van der Waals surface area contributed by atoms with Crippen molar-refractivity contribution >= 4 is 27.4 Å². The van der Waals surface area contributed by atoms with Crippen LogP contribution in [0.1, 0.15) is 16.8 Å². The molecular weight excluding hydrogens is 419 g/mol. The lowest BCUT2D eigenvalue weighted by Crippen LogP contribution is -2.37. The number of carbonyl (C=O) groups is 1. The van der Waals surface area contributed by atoms with Crippen LogP contribution in [0.25, 0.3) is 0 Å². The second kappa shape index (κ2) is 8.73. The van der Waals surface area contributed by atoms with E-state index in [0.717, 1.165) is 0 Å². The predicted octanol–water partition coefficient (Wildman–Crippen LogP) is 3.03. The zero-order valence-electron chi connectivity index (χ0n) is 16.5. The van der Waals surface area contributed by atoms with Gasteiger partial charge in [0.1, 0.15) is 0 Å². The van der Waals surface area contributed by atoms with Crippen molar-refractivity contribution in [2.45, 2.75) is 17.4 Å². The Morgan fingerprint density at radius 1 is 1.03 bits per heavy atom. The Morgan fingerprint density at radius 3 is 2.48 bits per heavy atom. The lowest BCUT2D eigenvalue weighted by atomic mass is 10.1. The summed E-state index contributed by atoms with van der Waals surface area (Å²) in [7, 11) is -3.69. The minimum absolute atomic E-state index is 0.134. The van der Waals surface area contributed by atoms with Crippen molar-refractivity contribution in [2.75, 3.05) is 22.7 Å². The van der Waals surface area contributed by atoms with Crippen molar-refractivity contribution in [3.05, 3.63) is 84.3 Å². The monoisotopic (exact) mass is 440 g/mol. The molecule has 2 heterocycles. The Balaban J connectivity index is 1.36. The van der Waals surface area contributed by atoms with E-state index < -0.39 is 10.0 Å². The molecule has 4 rings (SSSR count). The number of hydrogen-bond donors (Lipinski definition) is 2. The van der Waals surface area contributed by atoms with Crippen LogP contribution in [-0.4, -0.2) is 38.4 Å². The van der Waals surface area contributed by atoms with Gasteiger partial charge in [0.2, 0.25) is 0 Å². The molecule has 1 fully saturated rings. The quantitative estimate of drug-likeness (QED) is 0.615. The summed E-state index contributed by atoms with van der Waals surface area (Å²) in [6, 6.07) is 17.0. The third-order valence-corrected chi connectivity index (χ3v) is 6.41. The fourth-order valence-electron chi connectivity index (χ4n) is 3.45. The van der Waals surface area contributed by atoms with Crippen molar-refractivity contribution in [1.82, 2.24) is 10.3 Å². The molecule has 0 saturated carbocycles. The zero-order valence-corrected chi connectivity index (χ0v) is 17.3. The minimum Gasteiger partial charge on any atom is -0.352 e. The van der Waals surface area contributed by atoms with Gasteiger partial charge in [-0.25, -0.2) is 17.8 Å². The molecule has 1 amide bonds. The molecule has 0 radical (unpaired) electrons. The number of pyridine rings is 1. The molecule has 1 atom stereocenters. The molecule has 0 aliphatic carbocycles. The van der Waals surface area contributed by atoms with Gasteiger partial charge in [0.25, 0.3) is 15.9 Å². The van der Waals surface area contributed by atoms with E-state index in [1.807, 2.05) is 4.90 Å². The van der Waals surface area contributed by atoms with E-state index in [9.17, 15) is 17.6 Å². The normalized spacial score (nSPS) is 16.2. The topological polar surface area (TPSA) is 91.4 Å². The van der Waals surface area contributed by atoms with Crippen LogP contribution in [0.5, 0.6) is 0 Å². The van der Waals surface area contributed by atoms with E-state index in [1.54, 1.807) is 42.5 Å². The zero-order chi connectivity index (χ0) is 21.8. The molecule has 1 aliphatic rings. The highest BCUT2D eigenvalue weighted by molar-refractivity contribution is 7.92. The van der Waals surface area contributed by atoms with Gasteiger partial charge in [-0.05, 0) is 55.0 Å². The average molecular weight is 441 g/mol. The number of nitrogens with zero attached hydrogens (tertiary/aromatic N) is 2. The number of benzene rings is 2. The maximum absolute atomic E-state index is 13.9. The Labute approximate surface area is 180 Å². The van der Waals surface area contributed by atoms with Crippen molar-refractivity contribution < 1.29 is 17.6 Å². The number of halogens is 1. The van der Waals surface area contributed by atoms with Crippen LogP contribution in [-0.2, 0) is 10.0 Å². The van der Waals surface area contributed by atoms with Gasteiger partial charge in [-0.3, -0.25) is 9.52 Å². The van der Waals surface area contributed by atoms with Crippen molar-refractivity contribution in [2.24, 2.45) is 0 Å². The lowest BCUT2D eigenvalue weighted by molar-refractivity contribution is 0.0940. The third kappa shape index (κ3) is 4.83. The molecule has 1 saturated heterocycles. The first-order valence-electron chi connectivity index (χ1n) is 9.77. The molecule has 2 aromatic carbocycles.